The van der Waals surface area contributed by atoms with Gasteiger partial charge in [0, 0.05) is 12.6 Å². The summed E-state index contributed by atoms with van der Waals surface area (Å²) in [4.78, 5) is 23.2. The summed E-state index contributed by atoms with van der Waals surface area (Å²) in [6, 6.07) is 11.7. The number of nitrogens with one attached hydrogen (secondary N) is 2. The van der Waals surface area contributed by atoms with Gasteiger partial charge in [0.15, 0.2) is 5.52 Å². The van der Waals surface area contributed by atoms with E-state index in [4.69, 9.17) is 5.73 Å². The van der Waals surface area contributed by atoms with Crippen molar-refractivity contribution in [3.63, 3.8) is 0 Å². The first kappa shape index (κ1) is 22.1. The number of aromatic nitrogens is 2. The van der Waals surface area contributed by atoms with Crippen molar-refractivity contribution in [3.8, 4) is 0 Å². The Morgan fingerprint density at radius 1 is 1.17 bits per heavy atom. The standard InChI is InChI=1S/C18H20N6O4.ClH/c19-10-4-7-14(18(25)20-11-12-5-2-1-3-6-12)21-13-8-9-15(24(26)27)17-16(13)22-28-23-17;/h1-3,5-6,8-9,14,21H,4,7,10-11,19H2,(H,20,25);1H/t14-;/m0./s1. The van der Waals surface area contributed by atoms with Gasteiger partial charge in [0.2, 0.25) is 11.4 Å². The van der Waals surface area contributed by atoms with E-state index in [1.807, 2.05) is 30.3 Å². The van der Waals surface area contributed by atoms with Crippen LogP contribution in [0.3, 0.4) is 0 Å². The minimum Gasteiger partial charge on any atom is -0.372 e. The number of anilines is 1. The smallest absolute Gasteiger partial charge is 0.300 e. The lowest BCUT2D eigenvalue weighted by Gasteiger charge is -2.19. The highest BCUT2D eigenvalue weighted by molar-refractivity contribution is 5.95. The zero-order chi connectivity index (χ0) is 19.9. The van der Waals surface area contributed by atoms with E-state index in [0.29, 0.717) is 31.6 Å². The van der Waals surface area contributed by atoms with Gasteiger partial charge in [0.25, 0.3) is 0 Å². The lowest BCUT2D eigenvalue weighted by Crippen LogP contribution is -2.39. The molecule has 3 rings (SSSR count). The van der Waals surface area contributed by atoms with E-state index in [1.165, 1.54) is 12.1 Å². The van der Waals surface area contributed by atoms with Crippen molar-refractivity contribution in [2.75, 3.05) is 11.9 Å². The molecule has 0 aliphatic rings. The summed E-state index contributed by atoms with van der Waals surface area (Å²) in [5, 5.41) is 24.4. The Bertz CT molecular complexity index is 965. The third-order valence-electron chi connectivity index (χ3n) is 4.24. The van der Waals surface area contributed by atoms with Crippen molar-refractivity contribution in [1.82, 2.24) is 15.6 Å². The summed E-state index contributed by atoms with van der Waals surface area (Å²) in [5.74, 6) is -0.208. The van der Waals surface area contributed by atoms with Crippen LogP contribution in [0.1, 0.15) is 18.4 Å². The first-order valence-electron chi connectivity index (χ1n) is 8.78. The second kappa shape index (κ2) is 10.3. The Hall–Kier alpha value is -3.24. The van der Waals surface area contributed by atoms with Gasteiger partial charge in [-0.2, -0.15) is 0 Å². The van der Waals surface area contributed by atoms with Gasteiger partial charge in [-0.1, -0.05) is 30.3 Å². The maximum Gasteiger partial charge on any atom is 0.300 e. The highest BCUT2D eigenvalue weighted by atomic mass is 35.5. The number of nitrogens with zero attached hydrogens (tertiary/aromatic N) is 3. The zero-order valence-electron chi connectivity index (χ0n) is 15.4. The summed E-state index contributed by atoms with van der Waals surface area (Å²) < 4.78 is 4.66. The van der Waals surface area contributed by atoms with E-state index >= 15 is 0 Å². The molecule has 0 aliphatic carbocycles. The number of amides is 1. The van der Waals surface area contributed by atoms with E-state index in [2.05, 4.69) is 25.6 Å². The molecular weight excluding hydrogens is 400 g/mol. The molecule has 0 unspecified atom stereocenters. The van der Waals surface area contributed by atoms with Crippen molar-refractivity contribution >= 4 is 40.7 Å². The molecule has 29 heavy (non-hydrogen) atoms. The fourth-order valence-corrected chi connectivity index (χ4v) is 2.80. The molecule has 1 heterocycles. The van der Waals surface area contributed by atoms with Gasteiger partial charge in [-0.15, -0.1) is 12.4 Å². The number of hydrogen-bond acceptors (Lipinski definition) is 8. The van der Waals surface area contributed by atoms with Crippen LogP contribution in [0.25, 0.3) is 11.0 Å². The third kappa shape index (κ3) is 5.39. The SMILES string of the molecule is Cl.NCCC[C@H](Nc1ccc([N+](=O)[O-])c2nonc12)C(=O)NCc1ccccc1. The van der Waals surface area contributed by atoms with Crippen molar-refractivity contribution in [1.29, 1.82) is 0 Å². The van der Waals surface area contributed by atoms with Crippen LogP contribution in [0.2, 0.25) is 0 Å². The lowest BCUT2D eigenvalue weighted by molar-refractivity contribution is -0.383. The van der Waals surface area contributed by atoms with E-state index in [-0.39, 0.29) is 35.0 Å². The number of nitro benzene ring substituents is 1. The normalized spacial score (nSPS) is 11.5. The molecule has 0 bridgehead atoms. The number of nitrogens with two attached hydrogens (primary N) is 1. The van der Waals surface area contributed by atoms with Crippen LogP contribution < -0.4 is 16.4 Å². The Balaban J connectivity index is 0.00000300. The highest BCUT2D eigenvalue weighted by Gasteiger charge is 2.23. The van der Waals surface area contributed by atoms with Crippen molar-refractivity contribution in [2.45, 2.75) is 25.4 Å². The van der Waals surface area contributed by atoms with Crippen LogP contribution in [0.5, 0.6) is 0 Å². The van der Waals surface area contributed by atoms with Gasteiger partial charge < -0.3 is 16.4 Å². The quantitative estimate of drug-likeness (QED) is 0.352. The third-order valence-corrected chi connectivity index (χ3v) is 4.24. The summed E-state index contributed by atoms with van der Waals surface area (Å²) in [5.41, 5.74) is 7.01. The molecule has 0 aliphatic heterocycles. The Kier molecular flexibility index (Phi) is 7.87. The number of hydrogen-bond donors (Lipinski definition) is 3. The fourth-order valence-electron chi connectivity index (χ4n) is 2.80. The van der Waals surface area contributed by atoms with Crippen LogP contribution in [-0.4, -0.2) is 33.7 Å². The average Bonchev–Trinajstić information content (AvgIpc) is 3.20. The number of nitro groups is 1. The van der Waals surface area contributed by atoms with Gasteiger partial charge in [0.05, 0.1) is 10.6 Å². The molecule has 10 nitrogen and oxygen atoms in total. The minimum atomic E-state index is -0.589. The molecule has 1 amide bonds. The van der Waals surface area contributed by atoms with Gasteiger partial charge in [-0.3, -0.25) is 14.9 Å². The maximum atomic E-state index is 12.7. The van der Waals surface area contributed by atoms with E-state index < -0.39 is 11.0 Å². The molecule has 0 saturated heterocycles. The zero-order valence-corrected chi connectivity index (χ0v) is 16.2. The molecule has 1 aromatic heterocycles. The molecule has 11 heteroatoms. The maximum absolute atomic E-state index is 12.7. The highest BCUT2D eigenvalue weighted by Crippen LogP contribution is 2.29. The number of benzene rings is 2. The van der Waals surface area contributed by atoms with Gasteiger partial charge in [-0.25, -0.2) is 4.63 Å². The molecular formula is C18H21ClN6O4. The molecule has 4 N–H and O–H groups in total. The van der Waals surface area contributed by atoms with Crippen LogP contribution in [-0.2, 0) is 11.3 Å². The molecule has 1 atom stereocenters. The number of halogens is 1. The average molecular weight is 421 g/mol. The Morgan fingerprint density at radius 2 is 1.90 bits per heavy atom. The first-order valence-corrected chi connectivity index (χ1v) is 8.78. The number of non-ortho nitro benzene ring substituents is 1. The van der Waals surface area contributed by atoms with E-state index in [0.717, 1.165) is 5.56 Å². The number of rotatable bonds is 9. The van der Waals surface area contributed by atoms with Gasteiger partial charge >= 0.3 is 5.69 Å². The van der Waals surface area contributed by atoms with Gasteiger partial charge in [0.1, 0.15) is 6.04 Å². The second-order valence-electron chi connectivity index (χ2n) is 6.18. The number of carbonyl (C=O) groups excluding carboxylic acids is 1. The minimum absolute atomic E-state index is 0. The Labute approximate surface area is 172 Å². The predicted molar refractivity (Wildman–Crippen MR) is 110 cm³/mol. The van der Waals surface area contributed by atoms with Crippen molar-refractivity contribution < 1.29 is 14.3 Å². The van der Waals surface area contributed by atoms with Crippen molar-refractivity contribution in [2.24, 2.45) is 5.73 Å². The van der Waals surface area contributed by atoms with E-state index in [9.17, 15) is 14.9 Å². The van der Waals surface area contributed by atoms with E-state index in [1.54, 1.807) is 0 Å². The molecule has 154 valence electrons. The molecule has 0 fully saturated rings. The topological polar surface area (TPSA) is 149 Å². The summed E-state index contributed by atoms with van der Waals surface area (Å²) in [6.07, 6.45) is 1.12. The summed E-state index contributed by atoms with van der Waals surface area (Å²) in [6.45, 7) is 0.826. The molecule has 0 saturated carbocycles. The van der Waals surface area contributed by atoms with Crippen LogP contribution >= 0.6 is 12.4 Å². The summed E-state index contributed by atoms with van der Waals surface area (Å²) in [7, 11) is 0. The lowest BCUT2D eigenvalue weighted by atomic mass is 10.1. The molecule has 3 aromatic rings. The monoisotopic (exact) mass is 420 g/mol. The molecule has 0 spiro atoms. The number of fused-ring (bicyclic) bond motifs is 1. The predicted octanol–water partition coefficient (Wildman–Crippen LogP) is 2.39. The fraction of sp³-hybridized carbons (Fsp3) is 0.278. The largest absolute Gasteiger partial charge is 0.372 e. The van der Waals surface area contributed by atoms with Gasteiger partial charge in [-0.05, 0) is 41.3 Å². The van der Waals surface area contributed by atoms with Crippen LogP contribution in [0.4, 0.5) is 11.4 Å². The Morgan fingerprint density at radius 3 is 2.59 bits per heavy atom. The van der Waals surface area contributed by atoms with Crippen LogP contribution in [0.15, 0.2) is 47.1 Å². The molecule has 0 radical (unpaired) electrons. The molecule has 2 aromatic carbocycles. The van der Waals surface area contributed by atoms with Crippen molar-refractivity contribution in [3.05, 3.63) is 58.1 Å². The number of carbonyl (C=O) groups is 1. The second-order valence-corrected chi connectivity index (χ2v) is 6.18. The summed E-state index contributed by atoms with van der Waals surface area (Å²) >= 11 is 0. The van der Waals surface area contributed by atoms with Crippen LogP contribution in [0, 0.1) is 10.1 Å². The first-order chi connectivity index (χ1) is 13.6.